The summed E-state index contributed by atoms with van der Waals surface area (Å²) in [4.78, 5) is 0. The van der Waals surface area contributed by atoms with Crippen molar-refractivity contribution in [1.29, 1.82) is 0 Å². The molecule has 0 nitrogen and oxygen atoms in total. The molecule has 0 aliphatic rings. The van der Waals surface area contributed by atoms with E-state index in [4.69, 9.17) is 0 Å². The van der Waals surface area contributed by atoms with Gasteiger partial charge in [-0.2, -0.15) is 18.3 Å². The van der Waals surface area contributed by atoms with Crippen LogP contribution in [-0.2, 0) is 0 Å². The quantitative estimate of drug-likeness (QED) is 0.467. The van der Waals surface area contributed by atoms with Crippen molar-refractivity contribution >= 4 is 37.0 Å². The minimum atomic E-state index is -0.212. The van der Waals surface area contributed by atoms with E-state index in [-0.39, 0.29) is 44.3 Å². The number of halogens is 1. The van der Waals surface area contributed by atoms with Gasteiger partial charge in [-0.15, -0.1) is 0 Å². The van der Waals surface area contributed by atoms with E-state index in [1.807, 2.05) is 0 Å². The van der Waals surface area contributed by atoms with Crippen LogP contribution in [0.5, 0.6) is 0 Å². The molecule has 1 rings (SSSR count). The molecule has 1 aromatic rings. The predicted octanol–water partition coefficient (Wildman–Crippen LogP) is -1.73. The first kappa shape index (κ1) is 14.0. The van der Waals surface area contributed by atoms with Crippen LogP contribution >= 0.6 is 0 Å². The summed E-state index contributed by atoms with van der Waals surface area (Å²) in [5.74, 6) is 0. The number of rotatable bonds is 1. The van der Waals surface area contributed by atoms with Crippen molar-refractivity contribution in [3.05, 3.63) is 30.3 Å². The van der Waals surface area contributed by atoms with Gasteiger partial charge in [-0.05, 0) is 0 Å². The molecule has 0 bridgehead atoms. The second-order valence-corrected chi connectivity index (χ2v) is 4.94. The Bertz CT molecular complexity index is 177. The van der Waals surface area contributed by atoms with Crippen LogP contribution in [0.15, 0.2) is 30.3 Å². The van der Waals surface area contributed by atoms with Gasteiger partial charge in [-0.25, -0.2) is 0 Å². The average Bonchev–Trinajstić information content (AvgIpc) is 1.90. The van der Waals surface area contributed by atoms with Crippen molar-refractivity contribution in [2.75, 3.05) is 0 Å². The fourth-order valence-corrected chi connectivity index (χ4v) is 1.63. The summed E-state index contributed by atoms with van der Waals surface area (Å²) in [6.45, 7) is 4.61. The summed E-state index contributed by atoms with van der Waals surface area (Å²) in [6.07, 6.45) is 0. The van der Waals surface area contributed by atoms with E-state index in [0.29, 0.717) is 0 Å². The predicted molar refractivity (Wildman–Crippen MR) is 49.3 cm³/mol. The van der Waals surface area contributed by atoms with Crippen LogP contribution in [0, 0.1) is 0 Å². The van der Waals surface area contributed by atoms with Crippen LogP contribution in [0.3, 0.4) is 0 Å². The maximum Gasteiger partial charge on any atom is 2.00 e. The van der Waals surface area contributed by atoms with Gasteiger partial charge in [-0.3, -0.25) is 8.80 Å². The van der Waals surface area contributed by atoms with Crippen molar-refractivity contribution < 1.29 is 12.4 Å². The van der Waals surface area contributed by atoms with Crippen molar-refractivity contribution in [3.8, 4) is 0 Å². The molecule has 11 heavy (non-hydrogen) atoms. The van der Waals surface area contributed by atoms with Crippen molar-refractivity contribution in [2.24, 2.45) is 0 Å². The van der Waals surface area contributed by atoms with E-state index in [1.165, 1.54) is 5.19 Å². The minimum Gasteiger partial charge on any atom is -1.00 e. The van der Waals surface area contributed by atoms with Gasteiger partial charge in [0.2, 0.25) is 0 Å². The summed E-state index contributed by atoms with van der Waals surface area (Å²) >= 11 is 0. The molecule has 0 saturated heterocycles. The molecule has 0 heterocycles. The summed E-state index contributed by atoms with van der Waals surface area (Å²) in [5, 5.41) is 1.52. The first-order valence-corrected chi connectivity index (χ1v) is 5.66. The van der Waals surface area contributed by atoms with Crippen LogP contribution in [0.2, 0.25) is 13.1 Å². The summed E-state index contributed by atoms with van der Waals surface area (Å²) in [5.41, 5.74) is 0. The van der Waals surface area contributed by atoms with Gasteiger partial charge in [0.25, 0.3) is 0 Å². The van der Waals surface area contributed by atoms with E-state index in [0.717, 1.165) is 0 Å². The molecule has 56 valence electrons. The molecule has 0 aliphatic heterocycles. The van der Waals surface area contributed by atoms with E-state index in [2.05, 4.69) is 43.4 Å². The Kier molecular flexibility index (Phi) is 9.14. The topological polar surface area (TPSA) is 0 Å². The maximum atomic E-state index is 2.31. The normalized spacial score (nSPS) is 7.45. The molecule has 0 aromatic heterocycles. The molecule has 0 aliphatic carbocycles. The minimum absolute atomic E-state index is 0. The van der Waals surface area contributed by atoms with Crippen LogP contribution in [-0.4, -0.2) is 31.8 Å². The van der Waals surface area contributed by atoms with Gasteiger partial charge < -0.3 is 12.4 Å². The standard InChI is InChI=1S/C8H11Si.ClH.Mg/c1-9(2)8-6-4-3-5-7-8;;/h3-7H,1-2H3;1H;/q-1;;+2/p-1. The fourth-order valence-electron chi connectivity index (χ4n) is 0.771. The first-order valence-electron chi connectivity index (χ1n) is 3.16. The molecule has 0 N–H and O–H groups in total. The Morgan fingerprint density at radius 2 is 1.45 bits per heavy atom. The van der Waals surface area contributed by atoms with E-state index in [9.17, 15) is 0 Å². The Morgan fingerprint density at radius 3 is 1.73 bits per heavy atom. The van der Waals surface area contributed by atoms with Crippen molar-refractivity contribution in [2.45, 2.75) is 13.1 Å². The van der Waals surface area contributed by atoms with Crippen LogP contribution in [0.4, 0.5) is 0 Å². The smallest absolute Gasteiger partial charge is 1.00 e. The van der Waals surface area contributed by atoms with Crippen molar-refractivity contribution in [1.82, 2.24) is 0 Å². The van der Waals surface area contributed by atoms with Gasteiger partial charge in [0.15, 0.2) is 0 Å². The van der Waals surface area contributed by atoms with Gasteiger partial charge in [0.1, 0.15) is 0 Å². The Labute approximate surface area is 92.6 Å². The molecular formula is C8H11ClMgSi. The molecule has 0 unspecified atom stereocenters. The summed E-state index contributed by atoms with van der Waals surface area (Å²) in [7, 11) is -0.212. The van der Waals surface area contributed by atoms with Crippen molar-refractivity contribution in [3.63, 3.8) is 0 Å². The Hall–Kier alpha value is 0.493. The summed E-state index contributed by atoms with van der Waals surface area (Å²) in [6, 6.07) is 10.7. The zero-order valence-electron chi connectivity index (χ0n) is 6.97. The monoisotopic (exact) mass is 194 g/mol. The first-order chi connectivity index (χ1) is 4.30. The molecule has 0 spiro atoms. The van der Waals surface area contributed by atoms with Gasteiger partial charge in [0, 0.05) is 0 Å². The van der Waals surface area contributed by atoms with Gasteiger partial charge in [-0.1, -0.05) is 30.3 Å². The van der Waals surface area contributed by atoms with E-state index < -0.39 is 0 Å². The van der Waals surface area contributed by atoms with E-state index >= 15 is 0 Å². The molecule has 0 radical (unpaired) electrons. The zero-order chi connectivity index (χ0) is 6.69. The second kappa shape index (κ2) is 7.16. The van der Waals surface area contributed by atoms with Crippen LogP contribution in [0.25, 0.3) is 0 Å². The molecule has 3 heteroatoms. The SMILES string of the molecule is C[Si-](C)c1ccccc1.[Cl-].[Mg+2]. The molecule has 0 saturated carbocycles. The molecule has 1 aromatic carbocycles. The number of hydrogen-bond donors (Lipinski definition) is 0. The van der Waals surface area contributed by atoms with E-state index in [1.54, 1.807) is 0 Å². The van der Waals surface area contributed by atoms with Gasteiger partial charge in [0.05, 0.1) is 0 Å². The van der Waals surface area contributed by atoms with Crippen LogP contribution in [0.1, 0.15) is 0 Å². The third-order valence-electron chi connectivity index (χ3n) is 1.35. The fraction of sp³-hybridized carbons (Fsp3) is 0.250. The van der Waals surface area contributed by atoms with Crippen LogP contribution < -0.4 is 17.6 Å². The zero-order valence-corrected chi connectivity index (χ0v) is 10.1. The van der Waals surface area contributed by atoms with Gasteiger partial charge >= 0.3 is 23.1 Å². The maximum absolute atomic E-state index is 2.31. The largest absolute Gasteiger partial charge is 2.00 e. The molecule has 0 fully saturated rings. The second-order valence-electron chi connectivity index (χ2n) is 2.37. The Balaban J connectivity index is 0. The number of hydrogen-bond acceptors (Lipinski definition) is 0. The number of benzene rings is 1. The summed E-state index contributed by atoms with van der Waals surface area (Å²) < 4.78 is 0. The third kappa shape index (κ3) is 4.85. The Morgan fingerprint density at radius 1 is 1.00 bits per heavy atom. The molecule has 0 amide bonds. The third-order valence-corrected chi connectivity index (χ3v) is 2.84. The average molecular weight is 195 g/mol. The molecule has 0 atom stereocenters. The molecular weight excluding hydrogens is 184 g/mol.